The van der Waals surface area contributed by atoms with Crippen LogP contribution in [-0.4, -0.2) is 146 Å². The quantitative estimate of drug-likeness (QED) is 0.0593. The molecule has 1 amide bonds. The molecule has 2 nitrogen and oxygen atoms in total. The number of halogens is 42. The van der Waals surface area contributed by atoms with E-state index in [0.717, 1.165) is 6.92 Å². The number of carbonyl (C=O) groups is 1. The van der Waals surface area contributed by atoms with E-state index in [1.807, 2.05) is 0 Å². The van der Waals surface area contributed by atoms with Gasteiger partial charge in [0.05, 0.1) is 8.07 Å². The van der Waals surface area contributed by atoms with Crippen LogP contribution in [0.3, 0.4) is 0 Å². The van der Waals surface area contributed by atoms with Crippen LogP contribution in [0.2, 0.25) is 24.2 Å². The lowest BCUT2D eigenvalue weighted by molar-refractivity contribution is -0.440. The molecule has 0 unspecified atom stereocenters. The summed E-state index contributed by atoms with van der Waals surface area (Å²) in [7, 11) is -7.19. The van der Waals surface area contributed by atoms with Gasteiger partial charge >= 0.3 is 119 Å². The number of nitrogens with zero attached hydrogens (tertiary/aromatic N) is 1. The summed E-state index contributed by atoms with van der Waals surface area (Å²) in [5.74, 6) is -133. The molecule has 0 saturated carbocycles. The Morgan fingerprint density at radius 2 is 0.506 bits per heavy atom. The third kappa shape index (κ3) is 12.2. The van der Waals surface area contributed by atoms with Gasteiger partial charge in [-0.25, -0.2) is 0 Å². The maximum Gasteiger partial charge on any atom is 0.471 e. The van der Waals surface area contributed by atoms with Gasteiger partial charge in [-0.1, -0.05) is 31.1 Å². The van der Waals surface area contributed by atoms with Crippen LogP contribution in [0.15, 0.2) is 0 Å². The first-order valence-corrected chi connectivity index (χ1v) is 22.0. The SMILES string of the molecule is CCCN(CCC[Si](CCC(F)(F)C(F)(F)C(F)(F)C(F)(F)C(F)(F)C(F)(F)F)(CCC(F)(F)C(F)(F)C(F)(F)C(F)(F)C(F)(F)C(F)(F)F)CCC(F)(F)C(F)(F)C(F)(F)C(F)(F)C(F)(F)C(F)(F)F)C(=O)C(F)(F)F. The highest BCUT2D eigenvalue weighted by atomic mass is 28.3. The molecule has 0 aliphatic heterocycles. The minimum Gasteiger partial charge on any atom is -0.335 e. The second kappa shape index (κ2) is 20.9. The molecule has 45 heteroatoms. The first kappa shape index (κ1) is 73.7. The average molecular weight is 1270 g/mol. The predicted octanol–water partition coefficient (Wildman–Crippen LogP) is 17.0. The Morgan fingerprint density at radius 3 is 0.688 bits per heavy atom. The summed E-state index contributed by atoms with van der Waals surface area (Å²) in [4.78, 5) is 11.1. The highest BCUT2D eigenvalue weighted by Gasteiger charge is 2.93. The van der Waals surface area contributed by atoms with Crippen LogP contribution >= 0.6 is 0 Å². The topological polar surface area (TPSA) is 20.3 Å². The van der Waals surface area contributed by atoms with Crippen molar-refractivity contribution in [3.8, 4) is 0 Å². The van der Waals surface area contributed by atoms with E-state index in [9.17, 15) is 163 Å². The molecule has 0 aliphatic carbocycles. The molecule has 0 radical (unpaired) electrons. The first-order valence-electron chi connectivity index (χ1n) is 19.2. The Bertz CT molecular complexity index is 1800. The van der Waals surface area contributed by atoms with E-state index in [1.54, 1.807) is 0 Å². The fraction of sp³-hybridized carbons (Fsp3) is 0.969. The summed E-state index contributed by atoms with van der Waals surface area (Å²) in [5.41, 5.74) is 0. The van der Waals surface area contributed by atoms with E-state index < -0.39 is 202 Å². The van der Waals surface area contributed by atoms with E-state index >= 15 is 26.3 Å². The van der Waals surface area contributed by atoms with Crippen molar-refractivity contribution in [2.75, 3.05) is 13.1 Å². The van der Waals surface area contributed by atoms with Gasteiger partial charge in [-0.05, 0) is 12.8 Å². The van der Waals surface area contributed by atoms with Gasteiger partial charge in [0, 0.05) is 32.4 Å². The van der Waals surface area contributed by atoms with Gasteiger partial charge in [0.25, 0.3) is 0 Å². The minimum atomic E-state index is -9.00. The zero-order valence-corrected chi connectivity index (χ0v) is 37.0. The number of hydrogen-bond donors (Lipinski definition) is 0. The first-order chi connectivity index (χ1) is 32.9. The largest absolute Gasteiger partial charge is 0.471 e. The molecule has 77 heavy (non-hydrogen) atoms. The van der Waals surface area contributed by atoms with Gasteiger partial charge in [0.15, 0.2) is 0 Å². The van der Waals surface area contributed by atoms with Crippen molar-refractivity contribution in [1.82, 2.24) is 4.90 Å². The van der Waals surface area contributed by atoms with Gasteiger partial charge < -0.3 is 4.90 Å². The monoisotopic (exact) mass is 1270 g/mol. The van der Waals surface area contributed by atoms with Gasteiger partial charge in [0.1, 0.15) is 0 Å². The molecular weight excluding hydrogens is 1240 g/mol. The van der Waals surface area contributed by atoms with E-state index in [2.05, 4.69) is 0 Å². The molecule has 0 aromatic carbocycles. The average Bonchev–Trinajstić information content (AvgIpc) is 3.20. The molecule has 0 aromatic rings. The van der Waals surface area contributed by atoms with Gasteiger partial charge in [-0.3, -0.25) is 4.79 Å². The highest BCUT2D eigenvalue weighted by molar-refractivity contribution is 6.79. The van der Waals surface area contributed by atoms with Crippen molar-refractivity contribution in [2.24, 2.45) is 0 Å². The summed E-state index contributed by atoms with van der Waals surface area (Å²) in [6, 6.07) is -13.1. The van der Waals surface area contributed by atoms with Crippen LogP contribution < -0.4 is 0 Å². The smallest absolute Gasteiger partial charge is 0.335 e. The van der Waals surface area contributed by atoms with Gasteiger partial charge in [-0.2, -0.15) is 184 Å². The van der Waals surface area contributed by atoms with Crippen LogP contribution in [0.1, 0.15) is 39.0 Å². The summed E-state index contributed by atoms with van der Waals surface area (Å²) in [6.07, 6.45) is -46.5. The molecule has 0 aliphatic rings. The minimum absolute atomic E-state index is 0.705. The van der Waals surface area contributed by atoms with Gasteiger partial charge in [-0.15, -0.1) is 0 Å². The van der Waals surface area contributed by atoms with Crippen molar-refractivity contribution in [3.63, 3.8) is 0 Å². The summed E-state index contributed by atoms with van der Waals surface area (Å²) >= 11 is 0. The second-order valence-corrected chi connectivity index (χ2v) is 21.4. The van der Waals surface area contributed by atoms with Crippen molar-refractivity contribution in [1.29, 1.82) is 0 Å². The normalized spacial score (nSPS) is 16.4. The second-order valence-electron chi connectivity index (χ2n) is 16.4. The molecule has 0 heterocycles. The number of carbonyl (C=O) groups excluding carboxylic acids is 1. The third-order valence-electron chi connectivity index (χ3n) is 11.1. The van der Waals surface area contributed by atoms with Gasteiger partial charge in [0.2, 0.25) is 0 Å². The zero-order chi connectivity index (χ0) is 62.9. The molecular formula is C32H25F42NOSi. The summed E-state index contributed by atoms with van der Waals surface area (Å²) in [6.45, 7) is -2.76. The fourth-order valence-corrected chi connectivity index (χ4v) is 11.2. The third-order valence-corrected chi connectivity index (χ3v) is 16.4. The Morgan fingerprint density at radius 1 is 0.299 bits per heavy atom. The van der Waals surface area contributed by atoms with E-state index in [4.69, 9.17) is 0 Å². The van der Waals surface area contributed by atoms with Crippen LogP contribution in [0.4, 0.5) is 184 Å². The van der Waals surface area contributed by atoms with E-state index in [-0.39, 0.29) is 0 Å². The van der Waals surface area contributed by atoms with Crippen LogP contribution in [0.5, 0.6) is 0 Å². The molecule has 0 spiro atoms. The Hall–Kier alpha value is -3.25. The summed E-state index contributed by atoms with van der Waals surface area (Å²) in [5, 5.41) is 0. The molecule has 0 saturated heterocycles. The summed E-state index contributed by atoms with van der Waals surface area (Å²) < 4.78 is 581. The lowest BCUT2D eigenvalue weighted by Crippen LogP contribution is -2.70. The zero-order valence-electron chi connectivity index (χ0n) is 36.0. The number of hydrogen-bond acceptors (Lipinski definition) is 1. The maximum absolute atomic E-state index is 15.1. The number of rotatable bonds is 27. The molecule has 462 valence electrons. The standard InChI is InChI=1S/C32H25F42NOSi/c1-2-7-75(13(76)17(39,40)41)8-3-9-77(10-4-14(33,34)18(42,43)21(48,49)24(54,55)27(60,61)30(66,67)68,11-5-15(35,36)19(44,45)22(50,51)25(56,57)28(62,63)31(69,70)71)12-6-16(37,38)20(46,47)23(52,53)26(58,59)29(64,65)32(72,73)74/h2-12H2,1H3. The lowest BCUT2D eigenvalue weighted by atomic mass is 9.93. The fourth-order valence-electron chi connectivity index (χ4n) is 6.30. The number of amides is 1. The Labute approximate surface area is 398 Å². The highest BCUT2D eigenvalue weighted by Crippen LogP contribution is 2.65. The molecule has 0 atom stereocenters. The van der Waals surface area contributed by atoms with Crippen molar-refractivity contribution < 1.29 is 189 Å². The van der Waals surface area contributed by atoms with Crippen LogP contribution in [0.25, 0.3) is 0 Å². The molecule has 0 fully saturated rings. The van der Waals surface area contributed by atoms with Crippen LogP contribution in [-0.2, 0) is 4.79 Å². The van der Waals surface area contributed by atoms with Crippen molar-refractivity contribution in [2.45, 2.75) is 177 Å². The molecule has 0 aromatic heterocycles. The molecule has 0 bridgehead atoms. The number of alkyl halides is 42. The van der Waals surface area contributed by atoms with E-state index in [0.29, 0.717) is 0 Å². The predicted molar refractivity (Wildman–Crippen MR) is 169 cm³/mol. The lowest BCUT2D eigenvalue weighted by Gasteiger charge is -2.43. The van der Waals surface area contributed by atoms with E-state index in [1.165, 1.54) is 0 Å². The molecule has 0 rings (SSSR count). The Kier molecular flexibility index (Phi) is 20.0. The Balaban J connectivity index is 8.75. The van der Waals surface area contributed by atoms with Crippen molar-refractivity contribution in [3.05, 3.63) is 0 Å². The van der Waals surface area contributed by atoms with Crippen LogP contribution in [0, 0.1) is 0 Å². The van der Waals surface area contributed by atoms with Crippen molar-refractivity contribution >= 4 is 14.0 Å². The maximum atomic E-state index is 15.1. The molecule has 0 N–H and O–H groups in total.